The lowest BCUT2D eigenvalue weighted by Gasteiger charge is -2.25. The van der Waals surface area contributed by atoms with Crippen molar-refractivity contribution in [2.75, 3.05) is 7.05 Å². The van der Waals surface area contributed by atoms with Gasteiger partial charge >= 0.3 is 0 Å². The number of guanidine groups is 1. The van der Waals surface area contributed by atoms with E-state index >= 15 is 0 Å². The van der Waals surface area contributed by atoms with Crippen molar-refractivity contribution in [2.24, 2.45) is 4.99 Å². The molecule has 0 saturated heterocycles. The fourth-order valence-electron chi connectivity index (χ4n) is 2.85. The van der Waals surface area contributed by atoms with E-state index in [0.717, 1.165) is 47.7 Å². The first-order valence-corrected chi connectivity index (χ1v) is 9.61. The topological polar surface area (TPSA) is 80.0 Å². The Bertz CT molecular complexity index is 740. The molecule has 0 bridgehead atoms. The Morgan fingerprint density at radius 3 is 2.80 bits per heavy atom. The Kier molecular flexibility index (Phi) is 5.36. The number of nitrogens with zero attached hydrogens (tertiary/aromatic N) is 5. The highest BCUT2D eigenvalue weighted by molar-refractivity contribution is 7.11. The van der Waals surface area contributed by atoms with Gasteiger partial charge in [0, 0.05) is 30.3 Å². The Hall–Kier alpha value is -1.96. The Labute approximate surface area is 153 Å². The van der Waals surface area contributed by atoms with E-state index < -0.39 is 0 Å². The molecule has 1 aliphatic rings. The van der Waals surface area contributed by atoms with Gasteiger partial charge in [0.2, 0.25) is 0 Å². The molecule has 3 heterocycles. The SMILES string of the molecule is CN=C(NCc1nc(C)c(C)s1)NC1CCc2nc(C(C)C)nn2C1. The molecule has 2 aromatic rings. The van der Waals surface area contributed by atoms with Crippen LogP contribution in [0.25, 0.3) is 0 Å². The largest absolute Gasteiger partial charge is 0.352 e. The van der Waals surface area contributed by atoms with E-state index in [-0.39, 0.29) is 0 Å². The molecule has 136 valence electrons. The predicted molar refractivity (Wildman–Crippen MR) is 101 cm³/mol. The normalized spacial score (nSPS) is 17.7. The molecule has 0 aromatic carbocycles. The van der Waals surface area contributed by atoms with Crippen LogP contribution in [0, 0.1) is 13.8 Å². The quantitative estimate of drug-likeness (QED) is 0.644. The Morgan fingerprint density at radius 1 is 1.36 bits per heavy atom. The molecule has 8 heteroatoms. The van der Waals surface area contributed by atoms with Gasteiger partial charge in [0.1, 0.15) is 10.8 Å². The maximum Gasteiger partial charge on any atom is 0.191 e. The van der Waals surface area contributed by atoms with E-state index in [4.69, 9.17) is 0 Å². The molecule has 0 fully saturated rings. The van der Waals surface area contributed by atoms with Crippen molar-refractivity contribution in [1.82, 2.24) is 30.4 Å². The molecule has 3 rings (SSSR count). The van der Waals surface area contributed by atoms with Crippen molar-refractivity contribution in [3.63, 3.8) is 0 Å². The third kappa shape index (κ3) is 4.18. The molecule has 2 N–H and O–H groups in total. The van der Waals surface area contributed by atoms with Crippen LogP contribution in [0.2, 0.25) is 0 Å². The van der Waals surface area contributed by atoms with Crippen molar-refractivity contribution < 1.29 is 0 Å². The van der Waals surface area contributed by atoms with Crippen molar-refractivity contribution >= 4 is 17.3 Å². The van der Waals surface area contributed by atoms with Crippen molar-refractivity contribution in [2.45, 2.75) is 65.6 Å². The predicted octanol–water partition coefficient (Wildman–Crippen LogP) is 2.15. The van der Waals surface area contributed by atoms with Gasteiger partial charge in [-0.2, -0.15) is 5.10 Å². The second kappa shape index (κ2) is 7.51. The zero-order valence-electron chi connectivity index (χ0n) is 15.6. The second-order valence-electron chi connectivity index (χ2n) is 6.78. The second-order valence-corrected chi connectivity index (χ2v) is 8.07. The number of fused-ring (bicyclic) bond motifs is 1. The van der Waals surface area contributed by atoms with E-state index in [2.05, 4.69) is 51.5 Å². The highest BCUT2D eigenvalue weighted by atomic mass is 32.1. The van der Waals surface area contributed by atoms with Gasteiger partial charge in [0.15, 0.2) is 11.8 Å². The molecular formula is C17H27N7S. The van der Waals surface area contributed by atoms with Crippen LogP contribution in [-0.4, -0.2) is 38.8 Å². The lowest BCUT2D eigenvalue weighted by atomic mass is 10.1. The fraction of sp³-hybridized carbons (Fsp3) is 0.647. The summed E-state index contributed by atoms with van der Waals surface area (Å²) in [4.78, 5) is 14.8. The van der Waals surface area contributed by atoms with E-state index in [0.29, 0.717) is 18.5 Å². The number of rotatable bonds is 4. The summed E-state index contributed by atoms with van der Waals surface area (Å²) in [6.07, 6.45) is 1.98. The number of hydrogen-bond donors (Lipinski definition) is 2. The molecule has 1 unspecified atom stereocenters. The third-order valence-corrected chi connectivity index (χ3v) is 5.51. The smallest absolute Gasteiger partial charge is 0.191 e. The van der Waals surface area contributed by atoms with E-state index in [1.165, 1.54) is 4.88 Å². The molecule has 0 amide bonds. The summed E-state index contributed by atoms with van der Waals surface area (Å²) in [7, 11) is 1.80. The molecule has 0 radical (unpaired) electrons. The molecule has 25 heavy (non-hydrogen) atoms. The zero-order valence-corrected chi connectivity index (χ0v) is 16.4. The first-order valence-electron chi connectivity index (χ1n) is 8.80. The number of aromatic nitrogens is 4. The average Bonchev–Trinajstić information content (AvgIpc) is 3.14. The summed E-state index contributed by atoms with van der Waals surface area (Å²) in [6, 6.07) is 0.306. The molecule has 0 spiro atoms. The highest BCUT2D eigenvalue weighted by Crippen LogP contribution is 2.17. The molecule has 0 saturated carbocycles. The maximum absolute atomic E-state index is 4.64. The van der Waals surface area contributed by atoms with Gasteiger partial charge in [-0.15, -0.1) is 11.3 Å². The molecule has 2 aromatic heterocycles. The van der Waals surface area contributed by atoms with Crippen molar-refractivity contribution in [3.8, 4) is 0 Å². The molecule has 7 nitrogen and oxygen atoms in total. The minimum absolute atomic E-state index is 0.306. The average molecular weight is 362 g/mol. The maximum atomic E-state index is 4.64. The van der Waals surface area contributed by atoms with Gasteiger partial charge in [-0.3, -0.25) is 4.99 Å². The number of aryl methyl sites for hydroxylation is 3. The van der Waals surface area contributed by atoms with Crippen LogP contribution in [0.5, 0.6) is 0 Å². The minimum atomic E-state index is 0.306. The van der Waals surface area contributed by atoms with Gasteiger partial charge < -0.3 is 10.6 Å². The van der Waals surface area contributed by atoms with Crippen LogP contribution in [0.1, 0.15) is 53.4 Å². The van der Waals surface area contributed by atoms with Gasteiger partial charge in [-0.1, -0.05) is 13.8 Å². The monoisotopic (exact) mass is 361 g/mol. The van der Waals surface area contributed by atoms with Crippen LogP contribution in [0.15, 0.2) is 4.99 Å². The molecular weight excluding hydrogens is 334 g/mol. The summed E-state index contributed by atoms with van der Waals surface area (Å²) in [5.41, 5.74) is 1.11. The van der Waals surface area contributed by atoms with E-state index in [1.807, 2.05) is 11.6 Å². The first-order chi connectivity index (χ1) is 12.0. The Balaban J connectivity index is 1.57. The van der Waals surface area contributed by atoms with E-state index in [9.17, 15) is 0 Å². The van der Waals surface area contributed by atoms with Crippen LogP contribution in [0.4, 0.5) is 0 Å². The van der Waals surface area contributed by atoms with Crippen LogP contribution in [0.3, 0.4) is 0 Å². The van der Waals surface area contributed by atoms with Crippen molar-refractivity contribution in [1.29, 1.82) is 0 Å². The number of nitrogens with one attached hydrogen (secondary N) is 2. The van der Waals surface area contributed by atoms with Gasteiger partial charge in [-0.25, -0.2) is 14.6 Å². The third-order valence-electron chi connectivity index (χ3n) is 4.44. The summed E-state index contributed by atoms with van der Waals surface area (Å²) < 4.78 is 2.04. The minimum Gasteiger partial charge on any atom is -0.352 e. The van der Waals surface area contributed by atoms with Crippen LogP contribution >= 0.6 is 11.3 Å². The lowest BCUT2D eigenvalue weighted by molar-refractivity contribution is 0.391. The lowest BCUT2D eigenvalue weighted by Crippen LogP contribution is -2.46. The summed E-state index contributed by atoms with van der Waals surface area (Å²) in [5, 5.41) is 12.6. The van der Waals surface area contributed by atoms with Crippen LogP contribution in [-0.2, 0) is 19.5 Å². The summed E-state index contributed by atoms with van der Waals surface area (Å²) in [5.74, 6) is 3.21. The van der Waals surface area contributed by atoms with Crippen molar-refractivity contribution in [3.05, 3.63) is 27.2 Å². The molecule has 0 aliphatic carbocycles. The van der Waals surface area contributed by atoms with Crippen LogP contribution < -0.4 is 10.6 Å². The van der Waals surface area contributed by atoms with E-state index in [1.54, 1.807) is 18.4 Å². The molecule has 1 aliphatic heterocycles. The summed E-state index contributed by atoms with van der Waals surface area (Å²) in [6.45, 7) is 9.93. The van der Waals surface area contributed by atoms with Gasteiger partial charge in [0.05, 0.1) is 18.8 Å². The zero-order chi connectivity index (χ0) is 18.0. The van der Waals surface area contributed by atoms with Gasteiger partial charge in [-0.05, 0) is 20.3 Å². The number of thiazole rings is 1. The number of hydrogen-bond acceptors (Lipinski definition) is 5. The van der Waals surface area contributed by atoms with Gasteiger partial charge in [0.25, 0.3) is 0 Å². The fourth-order valence-corrected chi connectivity index (χ4v) is 3.73. The first kappa shape index (κ1) is 17.8. The summed E-state index contributed by atoms with van der Waals surface area (Å²) >= 11 is 1.73. The highest BCUT2D eigenvalue weighted by Gasteiger charge is 2.23. The standard InChI is InChI=1S/C17H27N7S/c1-10(2)16-22-14-7-6-13(9-24(14)23-16)21-17(18-5)19-8-15-20-11(3)12(4)25-15/h10,13H,6-9H2,1-5H3,(H2,18,19,21). The number of aliphatic imine (C=N–C) groups is 1. The molecule has 1 atom stereocenters. The Morgan fingerprint density at radius 2 is 2.16 bits per heavy atom.